The lowest BCUT2D eigenvalue weighted by molar-refractivity contribution is -0.455. The zero-order valence-corrected chi connectivity index (χ0v) is 5.45. The van der Waals surface area contributed by atoms with Crippen LogP contribution in [-0.2, 0) is 0 Å². The Balaban J connectivity index is 3.30. The number of hydrogen-bond acceptors (Lipinski definition) is 2. The first-order chi connectivity index (χ1) is 3.29. The van der Waals surface area contributed by atoms with E-state index in [1.54, 1.807) is 11.3 Å². The largest absolute Gasteiger partial charge is 0.258 e. The van der Waals surface area contributed by atoms with Gasteiger partial charge < -0.3 is 0 Å². The van der Waals surface area contributed by atoms with E-state index in [4.69, 9.17) is 12.2 Å². The van der Waals surface area contributed by atoms with Crippen LogP contribution in [0.15, 0.2) is 0 Å². The second kappa shape index (κ2) is 1.71. The number of nitrogens with one attached hydrogen (secondary N) is 2. The summed E-state index contributed by atoms with van der Waals surface area (Å²) in [5, 5.41) is 6.75. The summed E-state index contributed by atoms with van der Waals surface area (Å²) >= 11 is 6.31. The van der Waals surface area contributed by atoms with Gasteiger partial charge in [0.15, 0.2) is 0 Å². The van der Waals surface area contributed by atoms with Crippen molar-refractivity contribution in [3.8, 4) is 0 Å². The molecule has 1 aromatic heterocycles. The summed E-state index contributed by atoms with van der Waals surface area (Å²) in [7, 11) is 0. The fraction of sp³-hybridized carbons (Fsp3) is 0.333. The molecule has 1 aromatic rings. The lowest BCUT2D eigenvalue weighted by Crippen LogP contribution is -2.02. The van der Waals surface area contributed by atoms with Crippen LogP contribution >= 0.6 is 23.6 Å². The molecule has 0 radical (unpaired) electrons. The normalized spacial score (nSPS) is 9.29. The third-order valence-corrected chi connectivity index (χ3v) is 1.63. The molecule has 1 heterocycles. The Bertz CT molecular complexity index is 199. The smallest absolute Gasteiger partial charge is 0.146 e. The Labute approximate surface area is 50.2 Å². The number of aromatic amines is 2. The standard InChI is InChI=1S/C3H4N2S2/c1-2-4-5-3(6)7-2/h1H3,(H,5,6)/p+1. The zero-order valence-electron chi connectivity index (χ0n) is 3.82. The van der Waals surface area contributed by atoms with E-state index in [1.807, 2.05) is 6.92 Å². The SMILES string of the molecule is Cc1[nH+][nH]c(=S)s1. The molecule has 7 heavy (non-hydrogen) atoms. The first-order valence-electron chi connectivity index (χ1n) is 1.86. The molecule has 0 saturated heterocycles. The van der Waals surface area contributed by atoms with Crippen LogP contribution < -0.4 is 5.10 Å². The minimum atomic E-state index is 0.803. The van der Waals surface area contributed by atoms with Gasteiger partial charge in [-0.05, 0) is 23.6 Å². The van der Waals surface area contributed by atoms with Gasteiger partial charge in [0.2, 0.25) is 3.95 Å². The summed E-state index contributed by atoms with van der Waals surface area (Å²) in [6.07, 6.45) is 0. The summed E-state index contributed by atoms with van der Waals surface area (Å²) in [5.41, 5.74) is 0. The van der Waals surface area contributed by atoms with Crippen LogP contribution in [0.4, 0.5) is 0 Å². The molecule has 2 nitrogen and oxygen atoms in total. The van der Waals surface area contributed by atoms with Crippen molar-refractivity contribution in [3.63, 3.8) is 0 Å². The molecule has 0 spiro atoms. The van der Waals surface area contributed by atoms with Crippen molar-refractivity contribution in [1.82, 2.24) is 5.10 Å². The molecule has 0 aliphatic carbocycles. The molecule has 0 saturated carbocycles. The molecule has 0 aliphatic rings. The highest BCUT2D eigenvalue weighted by molar-refractivity contribution is 7.73. The summed E-state index contributed by atoms with van der Waals surface area (Å²) in [5.74, 6) is 0. The Morgan fingerprint density at radius 2 is 2.57 bits per heavy atom. The molecule has 2 N–H and O–H groups in total. The van der Waals surface area contributed by atoms with Gasteiger partial charge in [0.25, 0.3) is 5.01 Å². The molecule has 0 bridgehead atoms. The van der Waals surface area contributed by atoms with Gasteiger partial charge in [0.1, 0.15) is 0 Å². The number of aryl methyl sites for hydroxylation is 1. The van der Waals surface area contributed by atoms with E-state index in [1.165, 1.54) is 0 Å². The molecule has 0 unspecified atom stereocenters. The summed E-state index contributed by atoms with van der Waals surface area (Å²) < 4.78 is 0.803. The van der Waals surface area contributed by atoms with E-state index in [0.717, 1.165) is 8.96 Å². The van der Waals surface area contributed by atoms with Crippen molar-refractivity contribution >= 4 is 23.6 Å². The van der Waals surface area contributed by atoms with Crippen LogP contribution in [0.2, 0.25) is 0 Å². The number of aromatic nitrogens is 2. The average molecular weight is 133 g/mol. The van der Waals surface area contributed by atoms with E-state index in [2.05, 4.69) is 10.2 Å². The van der Waals surface area contributed by atoms with Crippen LogP contribution in [0.25, 0.3) is 0 Å². The topological polar surface area (TPSA) is 29.9 Å². The second-order valence-corrected chi connectivity index (χ2v) is 3.09. The van der Waals surface area contributed by atoms with Crippen molar-refractivity contribution in [2.24, 2.45) is 0 Å². The highest BCUT2D eigenvalue weighted by atomic mass is 32.1. The molecule has 0 aromatic carbocycles. The van der Waals surface area contributed by atoms with Crippen molar-refractivity contribution in [1.29, 1.82) is 0 Å². The molecule has 1 rings (SSSR count). The maximum absolute atomic E-state index is 4.76. The number of rotatable bonds is 0. The molecule has 0 atom stereocenters. The predicted octanol–water partition coefficient (Wildman–Crippen LogP) is 0.928. The predicted molar refractivity (Wildman–Crippen MR) is 30.8 cm³/mol. The molecule has 0 amide bonds. The molecule has 38 valence electrons. The van der Waals surface area contributed by atoms with Crippen LogP contribution in [-0.4, -0.2) is 5.10 Å². The van der Waals surface area contributed by atoms with Gasteiger partial charge >= 0.3 is 0 Å². The second-order valence-electron chi connectivity index (χ2n) is 1.20. The van der Waals surface area contributed by atoms with Gasteiger partial charge in [-0.3, -0.25) is 0 Å². The van der Waals surface area contributed by atoms with Gasteiger partial charge in [-0.15, -0.1) is 10.2 Å². The van der Waals surface area contributed by atoms with E-state index in [0.29, 0.717) is 0 Å². The minimum absolute atomic E-state index is 0.803. The van der Waals surface area contributed by atoms with Gasteiger partial charge in [0.05, 0.1) is 0 Å². The van der Waals surface area contributed by atoms with Crippen LogP contribution in [0, 0.1) is 10.9 Å². The quantitative estimate of drug-likeness (QED) is 0.524. The zero-order chi connectivity index (χ0) is 5.28. The maximum atomic E-state index is 4.76. The number of hydrogen-bond donors (Lipinski definition) is 1. The Hall–Kier alpha value is -0.220. The van der Waals surface area contributed by atoms with E-state index in [-0.39, 0.29) is 0 Å². The Kier molecular flexibility index (Phi) is 1.21. The van der Waals surface area contributed by atoms with Crippen LogP contribution in [0.1, 0.15) is 5.01 Å². The molecule has 4 heteroatoms. The van der Waals surface area contributed by atoms with Crippen molar-refractivity contribution in [3.05, 3.63) is 8.96 Å². The summed E-state index contributed by atoms with van der Waals surface area (Å²) in [4.78, 5) is 0. The van der Waals surface area contributed by atoms with Gasteiger partial charge in [-0.1, -0.05) is 0 Å². The fourth-order valence-electron chi connectivity index (χ4n) is 0.329. The lowest BCUT2D eigenvalue weighted by atomic mass is 10.9. The fourth-order valence-corrected chi connectivity index (χ4v) is 1.24. The lowest BCUT2D eigenvalue weighted by Gasteiger charge is -1.54. The molecular formula is C3H5N2S2+. The van der Waals surface area contributed by atoms with Crippen molar-refractivity contribution in [2.45, 2.75) is 6.92 Å². The van der Waals surface area contributed by atoms with Gasteiger partial charge in [-0.25, -0.2) is 0 Å². The maximum Gasteiger partial charge on any atom is 0.258 e. The number of H-pyrrole nitrogens is 2. The Morgan fingerprint density at radius 3 is 2.71 bits per heavy atom. The third kappa shape index (κ3) is 1.07. The molecular weight excluding hydrogens is 128 g/mol. The summed E-state index contributed by atoms with van der Waals surface area (Å²) in [6, 6.07) is 0. The van der Waals surface area contributed by atoms with E-state index in [9.17, 15) is 0 Å². The molecule has 0 fully saturated rings. The van der Waals surface area contributed by atoms with Crippen LogP contribution in [0.3, 0.4) is 0 Å². The van der Waals surface area contributed by atoms with E-state index < -0.39 is 0 Å². The summed E-state index contributed by atoms with van der Waals surface area (Å²) in [6.45, 7) is 1.97. The highest BCUT2D eigenvalue weighted by Crippen LogP contribution is 1.95. The first kappa shape index (κ1) is 4.93. The van der Waals surface area contributed by atoms with Crippen molar-refractivity contribution in [2.75, 3.05) is 0 Å². The van der Waals surface area contributed by atoms with Crippen molar-refractivity contribution < 1.29 is 5.10 Å². The minimum Gasteiger partial charge on any atom is -0.146 e. The average Bonchev–Trinajstić information content (AvgIpc) is 1.87. The van der Waals surface area contributed by atoms with Gasteiger partial charge in [-0.2, -0.15) is 0 Å². The van der Waals surface area contributed by atoms with E-state index >= 15 is 0 Å². The first-order valence-corrected chi connectivity index (χ1v) is 3.09. The third-order valence-electron chi connectivity index (χ3n) is 0.586. The molecule has 0 aliphatic heterocycles. The monoisotopic (exact) mass is 133 g/mol. The van der Waals surface area contributed by atoms with Gasteiger partial charge in [0, 0.05) is 6.92 Å². The van der Waals surface area contributed by atoms with Crippen LogP contribution in [0.5, 0.6) is 0 Å². The Morgan fingerprint density at radius 1 is 1.86 bits per heavy atom. The highest BCUT2D eigenvalue weighted by Gasteiger charge is 1.90.